The third kappa shape index (κ3) is 2.78. The molecule has 1 heterocycles. The molecule has 1 saturated heterocycles. The number of carbonyl (C=O) groups is 1. The SMILES string of the molecule is COc1cc(C(OC)C(=O)O)cc(N2CC(F)C2)c1. The van der Waals surface area contributed by atoms with Crippen LogP contribution in [0.1, 0.15) is 11.7 Å². The number of halogens is 1. The fraction of sp³-hybridized carbons (Fsp3) is 0.462. The molecule has 6 heteroatoms. The van der Waals surface area contributed by atoms with Crippen LogP contribution in [0.4, 0.5) is 10.1 Å². The molecule has 104 valence electrons. The van der Waals surface area contributed by atoms with Crippen LogP contribution in [0.25, 0.3) is 0 Å². The predicted molar refractivity (Wildman–Crippen MR) is 67.5 cm³/mol. The molecule has 0 spiro atoms. The van der Waals surface area contributed by atoms with Crippen LogP contribution in [0.5, 0.6) is 5.75 Å². The Kier molecular flexibility index (Phi) is 3.90. The van der Waals surface area contributed by atoms with Crippen molar-refractivity contribution in [2.24, 2.45) is 0 Å². The summed E-state index contributed by atoms with van der Waals surface area (Å²) in [5, 5.41) is 9.09. The van der Waals surface area contributed by atoms with Crippen LogP contribution in [0.15, 0.2) is 18.2 Å². The quantitative estimate of drug-likeness (QED) is 0.880. The van der Waals surface area contributed by atoms with Gasteiger partial charge in [0.2, 0.25) is 0 Å². The van der Waals surface area contributed by atoms with E-state index in [0.29, 0.717) is 24.4 Å². The molecule has 1 aliphatic rings. The molecule has 1 atom stereocenters. The Morgan fingerprint density at radius 1 is 1.42 bits per heavy atom. The van der Waals surface area contributed by atoms with E-state index in [9.17, 15) is 9.18 Å². The van der Waals surface area contributed by atoms with E-state index in [0.717, 1.165) is 5.69 Å². The van der Waals surface area contributed by atoms with Crippen molar-refractivity contribution < 1.29 is 23.8 Å². The minimum Gasteiger partial charge on any atom is -0.497 e. The highest BCUT2D eigenvalue weighted by molar-refractivity contribution is 5.75. The van der Waals surface area contributed by atoms with Crippen LogP contribution in [-0.2, 0) is 9.53 Å². The number of carboxylic acid groups (broad SMARTS) is 1. The summed E-state index contributed by atoms with van der Waals surface area (Å²) in [5.74, 6) is -0.549. The molecule has 1 aliphatic heterocycles. The number of nitrogens with zero attached hydrogens (tertiary/aromatic N) is 1. The minimum absolute atomic E-state index is 0.317. The minimum atomic E-state index is -1.08. The molecule has 0 aliphatic carbocycles. The molecule has 0 aromatic heterocycles. The Balaban J connectivity index is 2.32. The van der Waals surface area contributed by atoms with Crippen molar-refractivity contribution in [3.63, 3.8) is 0 Å². The molecule has 1 fully saturated rings. The first-order chi connectivity index (χ1) is 9.05. The van der Waals surface area contributed by atoms with E-state index in [4.69, 9.17) is 14.6 Å². The molecule has 2 rings (SSSR count). The molecule has 1 N–H and O–H groups in total. The van der Waals surface area contributed by atoms with E-state index in [-0.39, 0.29) is 0 Å². The second-order valence-electron chi connectivity index (χ2n) is 4.42. The van der Waals surface area contributed by atoms with E-state index >= 15 is 0 Å². The van der Waals surface area contributed by atoms with Gasteiger partial charge in [-0.2, -0.15) is 0 Å². The van der Waals surface area contributed by atoms with Gasteiger partial charge in [-0.15, -0.1) is 0 Å². The summed E-state index contributed by atoms with van der Waals surface area (Å²) in [7, 11) is 2.83. The number of ether oxygens (including phenoxy) is 2. The molecule has 1 aromatic rings. The molecular weight excluding hydrogens is 253 g/mol. The second kappa shape index (κ2) is 5.44. The van der Waals surface area contributed by atoms with Gasteiger partial charge in [0.25, 0.3) is 0 Å². The molecule has 0 amide bonds. The van der Waals surface area contributed by atoms with Gasteiger partial charge in [-0.25, -0.2) is 9.18 Å². The summed E-state index contributed by atoms with van der Waals surface area (Å²) in [5.41, 5.74) is 1.22. The molecule has 0 radical (unpaired) electrons. The number of rotatable bonds is 5. The van der Waals surface area contributed by atoms with Crippen LogP contribution < -0.4 is 9.64 Å². The fourth-order valence-electron chi connectivity index (χ4n) is 2.07. The van der Waals surface area contributed by atoms with Gasteiger partial charge in [0.15, 0.2) is 6.10 Å². The van der Waals surface area contributed by atoms with Crippen LogP contribution in [0.3, 0.4) is 0 Å². The molecular formula is C13H16FNO4. The maximum atomic E-state index is 12.9. The number of hydrogen-bond acceptors (Lipinski definition) is 4. The average Bonchev–Trinajstić information content (AvgIpc) is 2.35. The summed E-state index contributed by atoms with van der Waals surface area (Å²) < 4.78 is 23.0. The van der Waals surface area contributed by atoms with Crippen LogP contribution in [-0.4, -0.2) is 44.6 Å². The van der Waals surface area contributed by atoms with E-state index in [1.807, 2.05) is 4.90 Å². The largest absolute Gasteiger partial charge is 0.497 e. The van der Waals surface area contributed by atoms with Gasteiger partial charge in [0, 0.05) is 18.9 Å². The Bertz CT molecular complexity index is 474. The number of alkyl halides is 1. The van der Waals surface area contributed by atoms with Crippen molar-refractivity contribution in [3.8, 4) is 5.75 Å². The standard InChI is InChI=1S/C13H16FNO4/c1-18-11-4-8(12(19-2)13(16)17)3-10(5-11)15-6-9(14)7-15/h3-5,9,12H,6-7H2,1-2H3,(H,16,17). The van der Waals surface area contributed by atoms with Crippen LogP contribution in [0, 0.1) is 0 Å². The zero-order valence-corrected chi connectivity index (χ0v) is 10.8. The first-order valence-corrected chi connectivity index (χ1v) is 5.88. The van der Waals surface area contributed by atoms with Crippen molar-refractivity contribution in [1.29, 1.82) is 0 Å². The average molecular weight is 269 g/mol. The summed E-state index contributed by atoms with van der Waals surface area (Å²) in [6, 6.07) is 5.05. The van der Waals surface area contributed by atoms with Gasteiger partial charge < -0.3 is 19.5 Å². The Morgan fingerprint density at radius 3 is 2.58 bits per heavy atom. The lowest BCUT2D eigenvalue weighted by atomic mass is 10.1. The third-order valence-electron chi connectivity index (χ3n) is 3.11. The molecule has 0 saturated carbocycles. The van der Waals surface area contributed by atoms with Gasteiger partial charge in [0.05, 0.1) is 20.2 Å². The Hall–Kier alpha value is -1.82. The molecule has 5 nitrogen and oxygen atoms in total. The number of carboxylic acids is 1. The predicted octanol–water partition coefficient (Wildman–Crippen LogP) is 1.63. The van der Waals surface area contributed by atoms with Gasteiger partial charge in [0.1, 0.15) is 11.9 Å². The van der Waals surface area contributed by atoms with Crippen molar-refractivity contribution >= 4 is 11.7 Å². The number of aliphatic carboxylic acids is 1. The van der Waals surface area contributed by atoms with E-state index in [1.54, 1.807) is 18.2 Å². The zero-order valence-electron chi connectivity index (χ0n) is 10.8. The van der Waals surface area contributed by atoms with E-state index in [1.165, 1.54) is 14.2 Å². The van der Waals surface area contributed by atoms with Crippen LogP contribution in [0.2, 0.25) is 0 Å². The lowest BCUT2D eigenvalue weighted by Gasteiger charge is -2.36. The normalized spacial score (nSPS) is 16.9. The summed E-state index contributed by atoms with van der Waals surface area (Å²) in [6.07, 6.45) is -1.89. The molecule has 1 aromatic carbocycles. The first kappa shape index (κ1) is 13.6. The zero-order chi connectivity index (χ0) is 14.0. The number of benzene rings is 1. The third-order valence-corrected chi connectivity index (χ3v) is 3.11. The smallest absolute Gasteiger partial charge is 0.337 e. The lowest BCUT2D eigenvalue weighted by molar-refractivity contribution is -0.148. The van der Waals surface area contributed by atoms with Gasteiger partial charge in [-0.1, -0.05) is 0 Å². The number of anilines is 1. The summed E-state index contributed by atoms with van der Waals surface area (Å²) in [4.78, 5) is 12.9. The maximum absolute atomic E-state index is 12.9. The van der Waals surface area contributed by atoms with E-state index < -0.39 is 18.2 Å². The van der Waals surface area contributed by atoms with Crippen molar-refractivity contribution in [2.75, 3.05) is 32.2 Å². The molecule has 1 unspecified atom stereocenters. The highest BCUT2D eigenvalue weighted by Gasteiger charge is 2.28. The number of methoxy groups -OCH3 is 2. The van der Waals surface area contributed by atoms with E-state index in [2.05, 4.69) is 0 Å². The highest BCUT2D eigenvalue weighted by Crippen LogP contribution is 2.31. The lowest BCUT2D eigenvalue weighted by Crippen LogP contribution is -2.48. The Labute approximate surface area is 110 Å². The summed E-state index contributed by atoms with van der Waals surface area (Å²) in [6.45, 7) is 0.634. The Morgan fingerprint density at radius 2 is 2.11 bits per heavy atom. The molecule has 19 heavy (non-hydrogen) atoms. The molecule has 0 bridgehead atoms. The van der Waals surface area contributed by atoms with Crippen LogP contribution >= 0.6 is 0 Å². The summed E-state index contributed by atoms with van der Waals surface area (Å²) >= 11 is 0. The second-order valence-corrected chi connectivity index (χ2v) is 4.42. The number of hydrogen-bond donors (Lipinski definition) is 1. The van der Waals surface area contributed by atoms with Gasteiger partial charge in [-0.3, -0.25) is 0 Å². The monoisotopic (exact) mass is 269 g/mol. The first-order valence-electron chi connectivity index (χ1n) is 5.88. The fourth-order valence-corrected chi connectivity index (χ4v) is 2.07. The van der Waals surface area contributed by atoms with Gasteiger partial charge in [-0.05, 0) is 17.7 Å². The van der Waals surface area contributed by atoms with Crippen molar-refractivity contribution in [3.05, 3.63) is 23.8 Å². The maximum Gasteiger partial charge on any atom is 0.337 e. The van der Waals surface area contributed by atoms with Crippen molar-refractivity contribution in [2.45, 2.75) is 12.3 Å². The van der Waals surface area contributed by atoms with Crippen molar-refractivity contribution in [1.82, 2.24) is 0 Å². The van der Waals surface area contributed by atoms with Gasteiger partial charge >= 0.3 is 5.97 Å². The highest BCUT2D eigenvalue weighted by atomic mass is 19.1. The topological polar surface area (TPSA) is 59.0 Å².